The van der Waals surface area contributed by atoms with E-state index in [-0.39, 0.29) is 5.91 Å². The number of nitrogens with zero attached hydrogens (tertiary/aromatic N) is 2. The summed E-state index contributed by atoms with van der Waals surface area (Å²) in [5.41, 5.74) is 3.27. The fourth-order valence-electron chi connectivity index (χ4n) is 3.53. The molecule has 1 heterocycles. The molecule has 1 saturated carbocycles. The van der Waals surface area contributed by atoms with Crippen molar-refractivity contribution < 1.29 is 4.79 Å². The van der Waals surface area contributed by atoms with Crippen LogP contribution in [0.15, 0.2) is 18.2 Å². The van der Waals surface area contributed by atoms with Crippen molar-refractivity contribution in [3.63, 3.8) is 0 Å². The van der Waals surface area contributed by atoms with Crippen LogP contribution in [0.25, 0.3) is 0 Å². The van der Waals surface area contributed by atoms with E-state index in [1.54, 1.807) is 0 Å². The standard InChI is InChI=1S/C19H28N2O/c1-14-6-7-17(12-15(14)2)19(22)20(3)18(16-8-9-16)13-21-10-4-5-11-21/h6-7,12,16,18H,4-5,8-11,13H2,1-3H3/t18-/m1/s1. The van der Waals surface area contributed by atoms with Crippen molar-refractivity contribution in [3.05, 3.63) is 34.9 Å². The van der Waals surface area contributed by atoms with Gasteiger partial charge in [0, 0.05) is 25.2 Å². The molecule has 22 heavy (non-hydrogen) atoms. The van der Waals surface area contributed by atoms with E-state index in [0.717, 1.165) is 12.1 Å². The van der Waals surface area contributed by atoms with Gasteiger partial charge in [0.15, 0.2) is 0 Å². The number of amides is 1. The van der Waals surface area contributed by atoms with Gasteiger partial charge in [0.2, 0.25) is 0 Å². The summed E-state index contributed by atoms with van der Waals surface area (Å²) in [7, 11) is 2.00. The summed E-state index contributed by atoms with van der Waals surface area (Å²) in [6.07, 6.45) is 5.19. The van der Waals surface area contributed by atoms with Gasteiger partial charge in [0.1, 0.15) is 0 Å². The summed E-state index contributed by atoms with van der Waals surface area (Å²) in [6.45, 7) is 7.63. The van der Waals surface area contributed by atoms with E-state index in [1.807, 2.05) is 24.1 Å². The molecule has 0 bridgehead atoms. The van der Waals surface area contributed by atoms with E-state index in [1.165, 1.54) is 49.9 Å². The molecule has 2 fully saturated rings. The predicted octanol–water partition coefficient (Wildman–Crippen LogP) is 3.25. The summed E-state index contributed by atoms with van der Waals surface area (Å²) >= 11 is 0. The highest BCUT2D eigenvalue weighted by Gasteiger charge is 2.37. The maximum Gasteiger partial charge on any atom is 0.253 e. The first-order valence-corrected chi connectivity index (χ1v) is 8.63. The molecule has 120 valence electrons. The van der Waals surface area contributed by atoms with Crippen molar-refractivity contribution in [2.45, 2.75) is 45.6 Å². The normalized spacial score (nSPS) is 20.1. The van der Waals surface area contributed by atoms with E-state index in [4.69, 9.17) is 0 Å². The molecule has 0 radical (unpaired) electrons. The lowest BCUT2D eigenvalue weighted by Crippen LogP contribution is -2.45. The third-order valence-electron chi connectivity index (χ3n) is 5.38. The Hall–Kier alpha value is -1.35. The second-order valence-corrected chi connectivity index (χ2v) is 7.13. The van der Waals surface area contributed by atoms with Gasteiger partial charge in [-0.05, 0) is 81.8 Å². The average Bonchev–Trinajstić information content (AvgIpc) is 3.22. The highest BCUT2D eigenvalue weighted by atomic mass is 16.2. The Morgan fingerprint density at radius 1 is 1.23 bits per heavy atom. The Balaban J connectivity index is 1.72. The minimum absolute atomic E-state index is 0.180. The van der Waals surface area contributed by atoms with Gasteiger partial charge >= 0.3 is 0 Å². The van der Waals surface area contributed by atoms with E-state index in [9.17, 15) is 4.79 Å². The van der Waals surface area contributed by atoms with Gasteiger partial charge in [0.25, 0.3) is 5.91 Å². The topological polar surface area (TPSA) is 23.6 Å². The molecule has 3 heteroatoms. The van der Waals surface area contributed by atoms with E-state index in [2.05, 4.69) is 24.8 Å². The van der Waals surface area contributed by atoms with E-state index >= 15 is 0 Å². The first-order chi connectivity index (χ1) is 10.6. The molecule has 1 aromatic rings. The molecular formula is C19H28N2O. The molecule has 0 aromatic heterocycles. The second kappa shape index (κ2) is 6.41. The van der Waals surface area contributed by atoms with Crippen molar-refractivity contribution in [2.75, 3.05) is 26.7 Å². The average molecular weight is 300 g/mol. The molecule has 2 aliphatic rings. The number of hydrogen-bond acceptors (Lipinski definition) is 2. The Bertz CT molecular complexity index is 544. The van der Waals surface area contributed by atoms with Gasteiger partial charge in [0.05, 0.1) is 0 Å². The van der Waals surface area contributed by atoms with Crippen LogP contribution in [0, 0.1) is 19.8 Å². The lowest BCUT2D eigenvalue weighted by Gasteiger charge is -2.32. The zero-order chi connectivity index (χ0) is 15.7. The number of rotatable bonds is 5. The first-order valence-electron chi connectivity index (χ1n) is 8.63. The molecular weight excluding hydrogens is 272 g/mol. The van der Waals surface area contributed by atoms with Crippen molar-refractivity contribution in [1.82, 2.24) is 9.80 Å². The SMILES string of the molecule is Cc1ccc(C(=O)N(C)[C@H](CN2CCCC2)C2CC2)cc1C. The van der Waals surface area contributed by atoms with Crippen LogP contribution in [0.3, 0.4) is 0 Å². The minimum atomic E-state index is 0.180. The molecule has 1 aliphatic heterocycles. The third kappa shape index (κ3) is 3.35. The molecule has 0 unspecified atom stereocenters. The second-order valence-electron chi connectivity index (χ2n) is 7.13. The van der Waals surface area contributed by atoms with Gasteiger partial charge in [-0.2, -0.15) is 0 Å². The molecule has 3 nitrogen and oxygen atoms in total. The van der Waals surface area contributed by atoms with Crippen LogP contribution in [0.1, 0.15) is 47.2 Å². The molecule has 1 aliphatic carbocycles. The lowest BCUT2D eigenvalue weighted by molar-refractivity contribution is 0.0672. The Morgan fingerprint density at radius 3 is 2.50 bits per heavy atom. The number of carbonyl (C=O) groups excluding carboxylic acids is 1. The van der Waals surface area contributed by atoms with Crippen LogP contribution in [0.5, 0.6) is 0 Å². The van der Waals surface area contributed by atoms with Crippen LogP contribution in [-0.4, -0.2) is 48.4 Å². The molecule has 0 spiro atoms. The summed E-state index contributed by atoms with van der Waals surface area (Å²) in [5.74, 6) is 0.889. The van der Waals surface area contributed by atoms with E-state index < -0.39 is 0 Å². The number of likely N-dealkylation sites (N-methyl/N-ethyl adjacent to an activating group) is 1. The number of aryl methyl sites for hydroxylation is 2. The third-order valence-corrected chi connectivity index (χ3v) is 5.38. The number of benzene rings is 1. The highest BCUT2D eigenvalue weighted by molar-refractivity contribution is 5.94. The van der Waals surface area contributed by atoms with E-state index in [0.29, 0.717) is 12.0 Å². The van der Waals surface area contributed by atoms with Crippen molar-refractivity contribution in [2.24, 2.45) is 5.92 Å². The molecule has 1 aromatic carbocycles. The predicted molar refractivity (Wildman–Crippen MR) is 90.2 cm³/mol. The zero-order valence-corrected chi connectivity index (χ0v) is 14.1. The number of carbonyl (C=O) groups is 1. The molecule has 0 N–H and O–H groups in total. The maximum absolute atomic E-state index is 12.9. The van der Waals surface area contributed by atoms with Crippen LogP contribution in [0.4, 0.5) is 0 Å². The Kier molecular flexibility index (Phi) is 4.53. The van der Waals surface area contributed by atoms with Crippen molar-refractivity contribution >= 4 is 5.91 Å². The fourth-order valence-corrected chi connectivity index (χ4v) is 3.53. The zero-order valence-electron chi connectivity index (χ0n) is 14.1. The lowest BCUT2D eigenvalue weighted by atomic mass is 10.0. The van der Waals surface area contributed by atoms with Crippen molar-refractivity contribution in [3.8, 4) is 0 Å². The summed E-state index contributed by atoms with van der Waals surface area (Å²) in [5, 5.41) is 0. The van der Waals surface area contributed by atoms with Gasteiger partial charge in [-0.25, -0.2) is 0 Å². The highest BCUT2D eigenvalue weighted by Crippen LogP contribution is 2.36. The maximum atomic E-state index is 12.9. The molecule has 1 atom stereocenters. The monoisotopic (exact) mass is 300 g/mol. The fraction of sp³-hybridized carbons (Fsp3) is 0.632. The molecule has 1 amide bonds. The van der Waals surface area contributed by atoms with Gasteiger partial charge < -0.3 is 9.80 Å². The number of hydrogen-bond donors (Lipinski definition) is 0. The van der Waals surface area contributed by atoms with Gasteiger partial charge in [-0.1, -0.05) is 6.07 Å². The van der Waals surface area contributed by atoms with Gasteiger partial charge in [-0.3, -0.25) is 4.79 Å². The largest absolute Gasteiger partial charge is 0.337 e. The summed E-state index contributed by atoms with van der Waals surface area (Å²) in [6, 6.07) is 6.45. The summed E-state index contributed by atoms with van der Waals surface area (Å²) in [4.78, 5) is 17.4. The quantitative estimate of drug-likeness (QED) is 0.833. The number of likely N-dealkylation sites (tertiary alicyclic amines) is 1. The Labute approximate surface area is 134 Å². The van der Waals surface area contributed by atoms with Crippen LogP contribution >= 0.6 is 0 Å². The van der Waals surface area contributed by atoms with Crippen LogP contribution in [-0.2, 0) is 0 Å². The summed E-state index contributed by atoms with van der Waals surface area (Å²) < 4.78 is 0. The molecule has 3 rings (SSSR count). The van der Waals surface area contributed by atoms with Crippen LogP contribution < -0.4 is 0 Å². The van der Waals surface area contributed by atoms with Gasteiger partial charge in [-0.15, -0.1) is 0 Å². The Morgan fingerprint density at radius 2 is 1.91 bits per heavy atom. The first kappa shape index (κ1) is 15.5. The minimum Gasteiger partial charge on any atom is -0.337 e. The van der Waals surface area contributed by atoms with Crippen molar-refractivity contribution in [1.29, 1.82) is 0 Å². The smallest absolute Gasteiger partial charge is 0.253 e. The molecule has 1 saturated heterocycles. The van der Waals surface area contributed by atoms with Crippen LogP contribution in [0.2, 0.25) is 0 Å².